The molecular weight excluding hydrogens is 336 g/mol. The molecule has 1 amide bonds. The van der Waals surface area contributed by atoms with Crippen molar-refractivity contribution in [2.24, 2.45) is 5.41 Å². The van der Waals surface area contributed by atoms with Gasteiger partial charge in [-0.3, -0.25) is 4.79 Å². The van der Waals surface area contributed by atoms with Crippen molar-refractivity contribution in [2.75, 3.05) is 19.0 Å². The molecule has 2 rings (SSSR count). The highest BCUT2D eigenvalue weighted by atomic mass is 35.5. The minimum Gasteiger partial charge on any atom is -0.495 e. The molecule has 2 aromatic carbocycles. The molecule has 25 heavy (non-hydrogen) atoms. The van der Waals surface area contributed by atoms with Crippen molar-refractivity contribution < 1.29 is 9.53 Å². The summed E-state index contributed by atoms with van der Waals surface area (Å²) in [5, 5.41) is 6.75. The molecule has 0 radical (unpaired) electrons. The van der Waals surface area contributed by atoms with Gasteiger partial charge in [-0.05, 0) is 29.2 Å². The molecule has 0 spiro atoms. The molecule has 0 aliphatic rings. The molecule has 1 unspecified atom stereocenters. The first-order valence-electron chi connectivity index (χ1n) is 8.23. The fourth-order valence-corrected chi connectivity index (χ4v) is 2.91. The Morgan fingerprint density at radius 2 is 1.84 bits per heavy atom. The Morgan fingerprint density at radius 1 is 1.16 bits per heavy atom. The third kappa shape index (κ3) is 5.48. The molecule has 2 aromatic rings. The highest BCUT2D eigenvalue weighted by molar-refractivity contribution is 6.31. The summed E-state index contributed by atoms with van der Waals surface area (Å²) in [6.07, 6.45) is 0. The van der Waals surface area contributed by atoms with Gasteiger partial charge in [0.15, 0.2) is 0 Å². The van der Waals surface area contributed by atoms with Gasteiger partial charge in [-0.2, -0.15) is 0 Å². The van der Waals surface area contributed by atoms with E-state index in [0.29, 0.717) is 16.5 Å². The second-order valence-corrected chi connectivity index (χ2v) is 7.42. The van der Waals surface area contributed by atoms with Crippen molar-refractivity contribution in [3.63, 3.8) is 0 Å². The Balaban J connectivity index is 2.06. The molecule has 0 bridgehead atoms. The molecule has 2 N–H and O–H groups in total. The van der Waals surface area contributed by atoms with Crippen LogP contribution >= 0.6 is 11.6 Å². The number of anilines is 1. The Hall–Kier alpha value is -2.04. The van der Waals surface area contributed by atoms with E-state index in [1.54, 1.807) is 25.3 Å². The molecule has 134 valence electrons. The lowest BCUT2D eigenvalue weighted by molar-refractivity contribution is -0.115. The summed E-state index contributed by atoms with van der Waals surface area (Å²) in [7, 11) is 1.56. The zero-order valence-corrected chi connectivity index (χ0v) is 15.9. The first kappa shape index (κ1) is 19.3. The second-order valence-electron chi connectivity index (χ2n) is 6.98. The van der Waals surface area contributed by atoms with Gasteiger partial charge in [-0.25, -0.2) is 0 Å². The Morgan fingerprint density at radius 3 is 2.44 bits per heavy atom. The lowest BCUT2D eigenvalue weighted by Crippen LogP contribution is -2.37. The monoisotopic (exact) mass is 360 g/mol. The minimum atomic E-state index is -0.147. The fraction of sp³-hybridized carbons (Fsp3) is 0.350. The molecule has 0 heterocycles. The Bertz CT molecular complexity index is 711. The molecule has 0 aliphatic heterocycles. The van der Waals surface area contributed by atoms with Crippen molar-refractivity contribution in [2.45, 2.75) is 26.8 Å². The number of rotatable bonds is 6. The summed E-state index contributed by atoms with van der Waals surface area (Å²) < 4.78 is 5.26. The Kier molecular flexibility index (Phi) is 6.45. The van der Waals surface area contributed by atoms with Crippen LogP contribution in [-0.4, -0.2) is 19.6 Å². The normalized spacial score (nSPS) is 12.5. The van der Waals surface area contributed by atoms with E-state index < -0.39 is 0 Å². The van der Waals surface area contributed by atoms with Crippen molar-refractivity contribution in [1.82, 2.24) is 5.32 Å². The number of carbonyl (C=O) groups is 1. The van der Waals surface area contributed by atoms with E-state index in [1.807, 2.05) is 18.2 Å². The number of amides is 1. The average Bonchev–Trinajstić information content (AvgIpc) is 2.55. The lowest BCUT2D eigenvalue weighted by Gasteiger charge is -2.32. The molecule has 0 fully saturated rings. The number of carbonyl (C=O) groups excluding carboxylic acids is 1. The largest absolute Gasteiger partial charge is 0.495 e. The number of benzene rings is 2. The van der Waals surface area contributed by atoms with Crippen molar-refractivity contribution in [1.29, 1.82) is 0 Å². The Labute approximate surface area is 154 Å². The van der Waals surface area contributed by atoms with E-state index in [1.165, 1.54) is 0 Å². The maximum atomic E-state index is 12.4. The van der Waals surface area contributed by atoms with Gasteiger partial charge in [0.25, 0.3) is 0 Å². The number of hydrogen-bond donors (Lipinski definition) is 2. The standard InChI is InChI=1S/C20H25ClN2O2/c1-20(2,3)19(14-8-6-5-7-9-14)22-13-18(24)23-16-12-15(21)10-11-17(16)25-4/h5-12,19,22H,13H2,1-4H3,(H,23,24). The fourth-order valence-electron chi connectivity index (χ4n) is 2.74. The summed E-state index contributed by atoms with van der Waals surface area (Å²) in [6.45, 7) is 6.63. The summed E-state index contributed by atoms with van der Waals surface area (Å²) >= 11 is 6.00. The minimum absolute atomic E-state index is 0.0324. The summed E-state index contributed by atoms with van der Waals surface area (Å²) in [6, 6.07) is 15.3. The van der Waals surface area contributed by atoms with Crippen LogP contribution in [0.5, 0.6) is 5.75 Å². The third-order valence-electron chi connectivity index (χ3n) is 3.90. The number of hydrogen-bond acceptors (Lipinski definition) is 3. The van der Waals surface area contributed by atoms with Gasteiger partial charge >= 0.3 is 0 Å². The van der Waals surface area contributed by atoms with Gasteiger partial charge in [0.05, 0.1) is 19.3 Å². The van der Waals surface area contributed by atoms with Crippen molar-refractivity contribution in [3.8, 4) is 5.75 Å². The summed E-state index contributed by atoms with van der Waals surface area (Å²) in [5.74, 6) is 0.430. The first-order chi connectivity index (χ1) is 11.8. The van der Waals surface area contributed by atoms with Gasteiger partial charge in [-0.1, -0.05) is 62.7 Å². The van der Waals surface area contributed by atoms with Gasteiger partial charge in [0.1, 0.15) is 5.75 Å². The SMILES string of the molecule is COc1ccc(Cl)cc1NC(=O)CNC(c1ccccc1)C(C)(C)C. The van der Waals surface area contributed by atoms with Crippen LogP contribution in [0.1, 0.15) is 32.4 Å². The van der Waals surface area contributed by atoms with Crippen LogP contribution in [0, 0.1) is 5.41 Å². The molecule has 0 saturated carbocycles. The first-order valence-corrected chi connectivity index (χ1v) is 8.61. The lowest BCUT2D eigenvalue weighted by atomic mass is 9.82. The number of nitrogens with one attached hydrogen (secondary N) is 2. The van der Waals surface area contributed by atoms with Gasteiger partial charge in [0, 0.05) is 11.1 Å². The van der Waals surface area contributed by atoms with Gasteiger partial charge < -0.3 is 15.4 Å². The van der Waals surface area contributed by atoms with E-state index in [2.05, 4.69) is 43.5 Å². The maximum absolute atomic E-state index is 12.4. The van der Waals surface area contributed by atoms with Crippen LogP contribution in [0.15, 0.2) is 48.5 Å². The van der Waals surface area contributed by atoms with Crippen LogP contribution in [0.3, 0.4) is 0 Å². The van der Waals surface area contributed by atoms with Crippen LogP contribution in [0.4, 0.5) is 5.69 Å². The van der Waals surface area contributed by atoms with Gasteiger partial charge in [-0.15, -0.1) is 0 Å². The van der Waals surface area contributed by atoms with E-state index >= 15 is 0 Å². The van der Waals surface area contributed by atoms with Gasteiger partial charge in [0.2, 0.25) is 5.91 Å². The van der Waals surface area contributed by atoms with E-state index in [0.717, 1.165) is 5.56 Å². The molecular formula is C20H25ClN2O2. The zero-order valence-electron chi connectivity index (χ0n) is 15.1. The smallest absolute Gasteiger partial charge is 0.238 e. The molecule has 0 aliphatic carbocycles. The van der Waals surface area contributed by atoms with Crippen LogP contribution in [0.2, 0.25) is 5.02 Å². The number of ether oxygens (including phenoxy) is 1. The number of halogens is 1. The summed E-state index contributed by atoms with van der Waals surface area (Å²) in [5.41, 5.74) is 1.69. The van der Waals surface area contributed by atoms with Crippen LogP contribution < -0.4 is 15.4 Å². The second kappa shape index (κ2) is 8.37. The quantitative estimate of drug-likeness (QED) is 0.787. The predicted octanol–water partition coefficient (Wildman–Crippen LogP) is 4.66. The highest BCUT2D eigenvalue weighted by Gasteiger charge is 2.26. The third-order valence-corrected chi connectivity index (χ3v) is 4.14. The molecule has 0 saturated heterocycles. The predicted molar refractivity (Wildman–Crippen MR) is 103 cm³/mol. The number of methoxy groups -OCH3 is 1. The van der Waals surface area contributed by atoms with Crippen molar-refractivity contribution in [3.05, 3.63) is 59.1 Å². The van der Waals surface area contributed by atoms with Crippen molar-refractivity contribution >= 4 is 23.2 Å². The van der Waals surface area contributed by atoms with E-state index in [9.17, 15) is 4.79 Å². The summed E-state index contributed by atoms with van der Waals surface area (Å²) in [4.78, 5) is 12.4. The zero-order chi connectivity index (χ0) is 18.4. The highest BCUT2D eigenvalue weighted by Crippen LogP contribution is 2.32. The average molecular weight is 361 g/mol. The maximum Gasteiger partial charge on any atom is 0.238 e. The van der Waals surface area contributed by atoms with Crippen LogP contribution in [0.25, 0.3) is 0 Å². The molecule has 1 atom stereocenters. The molecule has 0 aromatic heterocycles. The molecule has 4 nitrogen and oxygen atoms in total. The van der Waals surface area contributed by atoms with Crippen LogP contribution in [-0.2, 0) is 4.79 Å². The molecule has 5 heteroatoms. The van der Waals surface area contributed by atoms with E-state index in [-0.39, 0.29) is 23.9 Å². The van der Waals surface area contributed by atoms with E-state index in [4.69, 9.17) is 16.3 Å². The topological polar surface area (TPSA) is 50.4 Å².